The molecule has 1 saturated heterocycles. The zero-order valence-corrected chi connectivity index (χ0v) is 11.7. The first-order valence-electron chi connectivity index (χ1n) is 6.14. The standard InChI is InChI=1S/C13H17BrFNO2/c14-12-9-10(15)1-2-13(12)18-8-5-16-11-3-6-17-7-4-11/h1-2,9,11,16H,3-8H2. The van der Waals surface area contributed by atoms with Crippen LogP contribution in [-0.2, 0) is 4.74 Å². The van der Waals surface area contributed by atoms with Crippen LogP contribution in [0.4, 0.5) is 4.39 Å². The first-order chi connectivity index (χ1) is 8.75. The predicted molar refractivity (Wildman–Crippen MR) is 71.4 cm³/mol. The monoisotopic (exact) mass is 317 g/mol. The Morgan fingerprint density at radius 2 is 2.17 bits per heavy atom. The molecule has 0 aliphatic carbocycles. The van der Waals surface area contributed by atoms with Crippen molar-refractivity contribution in [2.75, 3.05) is 26.4 Å². The maximum atomic E-state index is 12.9. The maximum absolute atomic E-state index is 12.9. The van der Waals surface area contributed by atoms with Crippen LogP contribution in [0.25, 0.3) is 0 Å². The molecule has 1 heterocycles. The van der Waals surface area contributed by atoms with Gasteiger partial charge in [-0.2, -0.15) is 0 Å². The second kappa shape index (κ2) is 7.07. The van der Waals surface area contributed by atoms with Crippen molar-refractivity contribution < 1.29 is 13.9 Å². The molecule has 2 rings (SSSR count). The summed E-state index contributed by atoms with van der Waals surface area (Å²) in [7, 11) is 0. The summed E-state index contributed by atoms with van der Waals surface area (Å²) in [6.45, 7) is 3.03. The van der Waals surface area contributed by atoms with Crippen LogP contribution in [0.1, 0.15) is 12.8 Å². The Kier molecular flexibility index (Phi) is 5.41. The lowest BCUT2D eigenvalue weighted by Gasteiger charge is -2.23. The van der Waals surface area contributed by atoms with E-state index in [0.717, 1.165) is 32.6 Å². The lowest BCUT2D eigenvalue weighted by molar-refractivity contribution is 0.0770. The SMILES string of the molecule is Fc1ccc(OCCNC2CCOCC2)c(Br)c1. The van der Waals surface area contributed by atoms with Gasteiger partial charge in [-0.05, 0) is 47.0 Å². The summed E-state index contributed by atoms with van der Waals surface area (Å²) < 4.78 is 24.4. The average molecular weight is 318 g/mol. The average Bonchev–Trinajstić information content (AvgIpc) is 2.38. The highest BCUT2D eigenvalue weighted by molar-refractivity contribution is 9.10. The first-order valence-corrected chi connectivity index (χ1v) is 6.94. The van der Waals surface area contributed by atoms with Crippen LogP contribution >= 0.6 is 15.9 Å². The maximum Gasteiger partial charge on any atom is 0.133 e. The van der Waals surface area contributed by atoms with Crippen LogP contribution in [-0.4, -0.2) is 32.4 Å². The van der Waals surface area contributed by atoms with Gasteiger partial charge in [-0.3, -0.25) is 0 Å². The highest BCUT2D eigenvalue weighted by atomic mass is 79.9. The molecule has 1 aliphatic heterocycles. The fourth-order valence-electron chi connectivity index (χ4n) is 1.92. The van der Waals surface area contributed by atoms with E-state index < -0.39 is 0 Å². The van der Waals surface area contributed by atoms with Crippen molar-refractivity contribution in [2.24, 2.45) is 0 Å². The summed E-state index contributed by atoms with van der Waals surface area (Å²) in [6.07, 6.45) is 2.11. The summed E-state index contributed by atoms with van der Waals surface area (Å²) in [6, 6.07) is 4.96. The highest BCUT2D eigenvalue weighted by Crippen LogP contribution is 2.25. The van der Waals surface area contributed by atoms with Gasteiger partial charge >= 0.3 is 0 Å². The Balaban J connectivity index is 1.68. The largest absolute Gasteiger partial charge is 0.491 e. The normalized spacial score (nSPS) is 16.8. The van der Waals surface area contributed by atoms with Gasteiger partial charge in [0.1, 0.15) is 18.2 Å². The van der Waals surface area contributed by atoms with Gasteiger partial charge in [-0.1, -0.05) is 0 Å². The van der Waals surface area contributed by atoms with Crippen molar-refractivity contribution in [2.45, 2.75) is 18.9 Å². The van der Waals surface area contributed by atoms with E-state index in [1.54, 1.807) is 6.07 Å². The predicted octanol–water partition coefficient (Wildman–Crippen LogP) is 2.74. The zero-order valence-electron chi connectivity index (χ0n) is 10.1. The fourth-order valence-corrected chi connectivity index (χ4v) is 2.38. The molecule has 1 aliphatic rings. The summed E-state index contributed by atoms with van der Waals surface area (Å²) in [5, 5.41) is 3.43. The highest BCUT2D eigenvalue weighted by Gasteiger charge is 2.12. The second-order valence-electron chi connectivity index (χ2n) is 4.26. The van der Waals surface area contributed by atoms with Gasteiger partial charge < -0.3 is 14.8 Å². The second-order valence-corrected chi connectivity index (χ2v) is 5.12. The van der Waals surface area contributed by atoms with Gasteiger partial charge in [-0.15, -0.1) is 0 Å². The van der Waals surface area contributed by atoms with E-state index >= 15 is 0 Å². The van der Waals surface area contributed by atoms with Crippen LogP contribution < -0.4 is 10.1 Å². The number of benzene rings is 1. The summed E-state index contributed by atoms with van der Waals surface area (Å²) in [5.74, 6) is 0.403. The smallest absolute Gasteiger partial charge is 0.133 e. The van der Waals surface area contributed by atoms with Crippen LogP contribution in [0.5, 0.6) is 5.75 Å². The Bertz CT molecular complexity index is 383. The van der Waals surface area contributed by atoms with Crippen LogP contribution in [0.15, 0.2) is 22.7 Å². The van der Waals surface area contributed by atoms with E-state index in [1.165, 1.54) is 12.1 Å². The van der Waals surface area contributed by atoms with Gasteiger partial charge in [0.05, 0.1) is 4.47 Å². The molecule has 5 heteroatoms. The molecule has 1 N–H and O–H groups in total. The third-order valence-electron chi connectivity index (χ3n) is 2.91. The Labute approximate surface area is 115 Å². The Morgan fingerprint density at radius 3 is 2.89 bits per heavy atom. The van der Waals surface area contributed by atoms with Crippen molar-refractivity contribution in [1.82, 2.24) is 5.32 Å². The van der Waals surface area contributed by atoms with E-state index in [1.807, 2.05) is 0 Å². The van der Waals surface area contributed by atoms with E-state index in [-0.39, 0.29) is 5.82 Å². The van der Waals surface area contributed by atoms with Crippen molar-refractivity contribution >= 4 is 15.9 Å². The molecular formula is C13H17BrFNO2. The van der Waals surface area contributed by atoms with E-state index in [0.29, 0.717) is 22.9 Å². The van der Waals surface area contributed by atoms with E-state index in [9.17, 15) is 4.39 Å². The number of ether oxygens (including phenoxy) is 2. The quantitative estimate of drug-likeness (QED) is 0.847. The molecule has 0 bridgehead atoms. The third-order valence-corrected chi connectivity index (χ3v) is 3.53. The minimum Gasteiger partial charge on any atom is -0.491 e. The van der Waals surface area contributed by atoms with Gasteiger partial charge in [0.25, 0.3) is 0 Å². The minimum atomic E-state index is -0.269. The van der Waals surface area contributed by atoms with Gasteiger partial charge in [0, 0.05) is 25.8 Å². The summed E-state index contributed by atoms with van der Waals surface area (Å²) in [4.78, 5) is 0. The van der Waals surface area contributed by atoms with Gasteiger partial charge in [-0.25, -0.2) is 4.39 Å². The van der Waals surface area contributed by atoms with Crippen molar-refractivity contribution in [3.05, 3.63) is 28.5 Å². The summed E-state index contributed by atoms with van der Waals surface area (Å²) >= 11 is 3.27. The number of nitrogens with one attached hydrogen (secondary N) is 1. The van der Waals surface area contributed by atoms with Crippen LogP contribution in [0.3, 0.4) is 0 Å². The molecule has 1 fully saturated rings. The molecule has 0 aromatic heterocycles. The fraction of sp³-hybridized carbons (Fsp3) is 0.538. The number of hydrogen-bond acceptors (Lipinski definition) is 3. The molecule has 0 spiro atoms. The van der Waals surface area contributed by atoms with Crippen LogP contribution in [0, 0.1) is 5.82 Å². The molecule has 1 aromatic carbocycles. The molecule has 1 aromatic rings. The van der Waals surface area contributed by atoms with Crippen molar-refractivity contribution in [3.63, 3.8) is 0 Å². The number of rotatable bonds is 5. The molecule has 0 unspecified atom stereocenters. The third kappa shape index (κ3) is 4.23. The van der Waals surface area contributed by atoms with Crippen molar-refractivity contribution in [3.8, 4) is 5.75 Å². The molecule has 0 radical (unpaired) electrons. The molecule has 0 atom stereocenters. The topological polar surface area (TPSA) is 30.5 Å². The lowest BCUT2D eigenvalue weighted by atomic mass is 10.1. The Hall–Kier alpha value is -0.650. The zero-order chi connectivity index (χ0) is 12.8. The van der Waals surface area contributed by atoms with Crippen LogP contribution in [0.2, 0.25) is 0 Å². The lowest BCUT2D eigenvalue weighted by Crippen LogP contribution is -2.37. The first kappa shape index (κ1) is 13.8. The number of hydrogen-bond donors (Lipinski definition) is 1. The van der Waals surface area contributed by atoms with Gasteiger partial charge in [0.2, 0.25) is 0 Å². The van der Waals surface area contributed by atoms with E-state index in [4.69, 9.17) is 9.47 Å². The summed E-state index contributed by atoms with van der Waals surface area (Å²) in [5.41, 5.74) is 0. The molecular weight excluding hydrogens is 301 g/mol. The molecule has 0 amide bonds. The molecule has 18 heavy (non-hydrogen) atoms. The Morgan fingerprint density at radius 1 is 1.39 bits per heavy atom. The molecule has 3 nitrogen and oxygen atoms in total. The van der Waals surface area contributed by atoms with E-state index in [2.05, 4.69) is 21.2 Å². The molecule has 0 saturated carbocycles. The molecule has 100 valence electrons. The number of halogens is 2. The van der Waals surface area contributed by atoms with Crippen molar-refractivity contribution in [1.29, 1.82) is 0 Å². The minimum absolute atomic E-state index is 0.269. The van der Waals surface area contributed by atoms with Gasteiger partial charge in [0.15, 0.2) is 0 Å².